The first-order valence-corrected chi connectivity index (χ1v) is 10.4. The summed E-state index contributed by atoms with van der Waals surface area (Å²) in [6.07, 6.45) is 4.35. The molecule has 2 atom stereocenters. The molecule has 9 nitrogen and oxygen atoms in total. The molecule has 0 radical (unpaired) electrons. The zero-order chi connectivity index (χ0) is 22.1. The highest BCUT2D eigenvalue weighted by Crippen LogP contribution is 2.08. The van der Waals surface area contributed by atoms with E-state index in [1.54, 1.807) is 36.4 Å². The molecule has 4 amide bonds. The maximum absolute atomic E-state index is 12.8. The van der Waals surface area contributed by atoms with Gasteiger partial charge in [0, 0.05) is 44.0 Å². The fraction of sp³-hybridized carbons (Fsp3) is 0.571. The van der Waals surface area contributed by atoms with Gasteiger partial charge in [-0.25, -0.2) is 0 Å². The Morgan fingerprint density at radius 2 is 1.73 bits per heavy atom. The quantitative estimate of drug-likeness (QED) is 0.646. The van der Waals surface area contributed by atoms with E-state index in [1.807, 2.05) is 13.8 Å². The van der Waals surface area contributed by atoms with E-state index in [1.165, 1.54) is 0 Å². The molecular weight excluding hydrogens is 386 g/mol. The van der Waals surface area contributed by atoms with Crippen LogP contribution in [0.1, 0.15) is 50.4 Å². The van der Waals surface area contributed by atoms with E-state index in [-0.39, 0.29) is 30.1 Å². The third-order valence-electron chi connectivity index (χ3n) is 4.97. The number of carbonyl (C=O) groups excluding carboxylic acids is 4. The van der Waals surface area contributed by atoms with Gasteiger partial charge in [-0.15, -0.1) is 0 Å². The van der Waals surface area contributed by atoms with E-state index in [0.717, 1.165) is 0 Å². The molecule has 0 aromatic carbocycles. The molecule has 0 aliphatic carbocycles. The first kappa shape index (κ1) is 23.3. The fourth-order valence-electron chi connectivity index (χ4n) is 3.21. The highest BCUT2D eigenvalue weighted by atomic mass is 16.2. The molecule has 1 aliphatic heterocycles. The molecular formula is C21H31N5O4. The lowest BCUT2D eigenvalue weighted by atomic mass is 10.0. The van der Waals surface area contributed by atoms with Gasteiger partial charge >= 0.3 is 0 Å². The Morgan fingerprint density at radius 3 is 2.40 bits per heavy atom. The number of rotatable bonds is 2. The highest BCUT2D eigenvalue weighted by molar-refractivity contribution is 5.94. The number of nitrogens with zero attached hydrogens (tertiary/aromatic N) is 2. The van der Waals surface area contributed by atoms with Crippen LogP contribution in [0.4, 0.5) is 0 Å². The third kappa shape index (κ3) is 6.82. The molecule has 0 unspecified atom stereocenters. The average Bonchev–Trinajstić information content (AvgIpc) is 2.72. The van der Waals surface area contributed by atoms with Crippen LogP contribution in [0.2, 0.25) is 0 Å². The summed E-state index contributed by atoms with van der Waals surface area (Å²) < 4.78 is 0. The first-order valence-electron chi connectivity index (χ1n) is 10.4. The van der Waals surface area contributed by atoms with Gasteiger partial charge in [-0.05, 0) is 37.8 Å². The number of hydrogen-bond donors (Lipinski definition) is 3. The molecule has 1 fully saturated rings. The van der Waals surface area contributed by atoms with Crippen molar-refractivity contribution in [3.8, 4) is 0 Å². The largest absolute Gasteiger partial charge is 0.354 e. The van der Waals surface area contributed by atoms with Crippen molar-refractivity contribution in [2.75, 3.05) is 19.6 Å². The van der Waals surface area contributed by atoms with Crippen LogP contribution in [0.25, 0.3) is 0 Å². The minimum Gasteiger partial charge on any atom is -0.354 e. The molecule has 9 heteroatoms. The normalized spacial score (nSPS) is 22.4. The van der Waals surface area contributed by atoms with Crippen LogP contribution in [-0.4, -0.2) is 65.2 Å². The Bertz CT molecular complexity index is 753. The number of nitrogens with one attached hydrogen (secondary N) is 3. The number of pyridine rings is 1. The molecule has 2 heterocycles. The van der Waals surface area contributed by atoms with E-state index in [0.29, 0.717) is 38.0 Å². The fourth-order valence-corrected chi connectivity index (χ4v) is 3.21. The zero-order valence-electron chi connectivity index (χ0n) is 17.8. The Kier molecular flexibility index (Phi) is 8.76. The second-order valence-corrected chi connectivity index (χ2v) is 7.80. The number of amides is 4. The molecule has 1 aromatic rings. The smallest absolute Gasteiger partial charge is 0.253 e. The molecule has 30 heavy (non-hydrogen) atoms. The van der Waals surface area contributed by atoms with Gasteiger partial charge in [0.25, 0.3) is 5.91 Å². The van der Waals surface area contributed by atoms with Gasteiger partial charge in [0.1, 0.15) is 12.1 Å². The van der Waals surface area contributed by atoms with Gasteiger partial charge in [0.15, 0.2) is 0 Å². The monoisotopic (exact) mass is 417 g/mol. The van der Waals surface area contributed by atoms with E-state index >= 15 is 0 Å². The van der Waals surface area contributed by atoms with Crippen molar-refractivity contribution in [1.82, 2.24) is 25.8 Å². The van der Waals surface area contributed by atoms with Gasteiger partial charge in [-0.2, -0.15) is 0 Å². The molecule has 164 valence electrons. The summed E-state index contributed by atoms with van der Waals surface area (Å²) >= 11 is 0. The van der Waals surface area contributed by atoms with Crippen molar-refractivity contribution in [2.24, 2.45) is 5.92 Å². The topological polar surface area (TPSA) is 120 Å². The van der Waals surface area contributed by atoms with E-state index in [2.05, 4.69) is 20.9 Å². The van der Waals surface area contributed by atoms with Crippen molar-refractivity contribution in [3.05, 3.63) is 30.1 Å². The minimum absolute atomic E-state index is 0.114. The number of carbonyl (C=O) groups is 4. The Morgan fingerprint density at radius 1 is 1.07 bits per heavy atom. The molecule has 1 aromatic heterocycles. The SMILES string of the molecule is CC(C)[C@H]1NC(=O)[C@@H](C)NC(=O)CCCN(C(=O)c2ccncc2)CCCNC1=O. The van der Waals surface area contributed by atoms with Gasteiger partial charge in [-0.1, -0.05) is 13.8 Å². The van der Waals surface area contributed by atoms with Crippen molar-refractivity contribution in [2.45, 2.75) is 52.1 Å². The molecule has 0 bridgehead atoms. The van der Waals surface area contributed by atoms with E-state index < -0.39 is 18.0 Å². The lowest BCUT2D eigenvalue weighted by Gasteiger charge is -2.24. The first-order chi connectivity index (χ1) is 14.3. The summed E-state index contributed by atoms with van der Waals surface area (Å²) in [5, 5.41) is 8.21. The maximum atomic E-state index is 12.8. The molecule has 0 saturated carbocycles. The highest BCUT2D eigenvalue weighted by Gasteiger charge is 2.27. The van der Waals surface area contributed by atoms with Gasteiger partial charge in [0.05, 0.1) is 0 Å². The van der Waals surface area contributed by atoms with Crippen LogP contribution in [0, 0.1) is 5.92 Å². The van der Waals surface area contributed by atoms with Gasteiger partial charge in [-0.3, -0.25) is 24.2 Å². The maximum Gasteiger partial charge on any atom is 0.253 e. The average molecular weight is 418 g/mol. The van der Waals surface area contributed by atoms with Crippen LogP contribution >= 0.6 is 0 Å². The van der Waals surface area contributed by atoms with Crippen molar-refractivity contribution >= 4 is 23.6 Å². The van der Waals surface area contributed by atoms with Crippen molar-refractivity contribution in [3.63, 3.8) is 0 Å². The van der Waals surface area contributed by atoms with E-state index in [4.69, 9.17) is 0 Å². The lowest BCUT2D eigenvalue weighted by molar-refractivity contribution is -0.132. The summed E-state index contributed by atoms with van der Waals surface area (Å²) in [5.41, 5.74) is 0.527. The number of aromatic nitrogens is 1. The van der Waals surface area contributed by atoms with Gasteiger partial charge < -0.3 is 20.9 Å². The Hall–Kier alpha value is -2.97. The molecule has 3 N–H and O–H groups in total. The predicted molar refractivity (Wildman–Crippen MR) is 111 cm³/mol. The molecule has 1 saturated heterocycles. The van der Waals surface area contributed by atoms with E-state index in [9.17, 15) is 19.2 Å². The third-order valence-corrected chi connectivity index (χ3v) is 4.97. The van der Waals surface area contributed by atoms with Crippen molar-refractivity contribution in [1.29, 1.82) is 0 Å². The summed E-state index contributed by atoms with van der Waals surface area (Å²) in [5.74, 6) is -1.20. The van der Waals surface area contributed by atoms with Crippen LogP contribution in [0.15, 0.2) is 24.5 Å². The summed E-state index contributed by atoms with van der Waals surface area (Å²) in [6.45, 7) is 6.49. The molecule has 2 rings (SSSR count). The molecule has 0 spiro atoms. The summed E-state index contributed by atoms with van der Waals surface area (Å²) in [6, 6.07) is 1.85. The van der Waals surface area contributed by atoms with Gasteiger partial charge in [0.2, 0.25) is 17.7 Å². The zero-order valence-corrected chi connectivity index (χ0v) is 17.8. The van der Waals surface area contributed by atoms with Crippen LogP contribution in [0.5, 0.6) is 0 Å². The Balaban J connectivity index is 2.13. The van der Waals surface area contributed by atoms with Crippen molar-refractivity contribution < 1.29 is 19.2 Å². The lowest BCUT2D eigenvalue weighted by Crippen LogP contribution is -2.54. The standard InChI is InChI=1S/C21H31N5O4/c1-14(2)18-20(29)23-9-5-13-26(21(30)16-7-10-22-11-8-16)12-4-6-17(27)24-15(3)19(28)25-18/h7-8,10-11,14-15,18H,4-6,9,12-13H2,1-3H3,(H,23,29)(H,24,27)(H,25,28)/t15-,18-/m1/s1. The number of hydrogen-bond acceptors (Lipinski definition) is 5. The molecule has 1 aliphatic rings. The summed E-state index contributed by atoms with van der Waals surface area (Å²) in [4.78, 5) is 55.6. The second kappa shape index (κ2) is 11.3. The second-order valence-electron chi connectivity index (χ2n) is 7.80. The Labute approximate surface area is 177 Å². The van der Waals surface area contributed by atoms with Crippen LogP contribution in [-0.2, 0) is 14.4 Å². The minimum atomic E-state index is -0.758. The summed E-state index contributed by atoms with van der Waals surface area (Å²) in [7, 11) is 0. The predicted octanol–water partition coefficient (Wildman–Crippen LogP) is 0.469. The van der Waals surface area contributed by atoms with Crippen LogP contribution < -0.4 is 16.0 Å². The van der Waals surface area contributed by atoms with Crippen LogP contribution in [0.3, 0.4) is 0 Å².